The third kappa shape index (κ3) is 10.4. The molecule has 2 rings (SSSR count). The standard InChI is InChI=1S/C28H43O4P/c1-5-9-13-23-17-24(14-10-6-2)20-27(19-23)31-33(29,30)32-28-21-25(15-11-7-3)18-26(22-28)16-12-8-4/h17-22H,5-16H2,1-4H3,(H,29,30). The van der Waals surface area contributed by atoms with Gasteiger partial charge in [0.1, 0.15) is 11.5 Å². The summed E-state index contributed by atoms with van der Waals surface area (Å²) in [6, 6.07) is 11.9. The molecule has 0 spiro atoms. The molecule has 1 N–H and O–H groups in total. The molecule has 5 heteroatoms. The SMILES string of the molecule is CCCCc1cc(CCCC)cc(OP(=O)(O)Oc2cc(CCCC)cc(CCCC)c2)c1. The molecule has 2 aromatic carbocycles. The average molecular weight is 475 g/mol. The first kappa shape index (κ1) is 27.5. The molecule has 0 unspecified atom stereocenters. The van der Waals surface area contributed by atoms with E-state index < -0.39 is 7.82 Å². The second-order valence-corrected chi connectivity index (χ2v) is 10.3. The molecule has 0 aliphatic rings. The fraction of sp³-hybridized carbons (Fsp3) is 0.571. The van der Waals surface area contributed by atoms with Gasteiger partial charge in [-0.15, -0.1) is 0 Å². The Labute approximate surface area is 201 Å². The van der Waals surface area contributed by atoms with E-state index >= 15 is 0 Å². The molecular weight excluding hydrogens is 431 g/mol. The minimum atomic E-state index is -4.32. The van der Waals surface area contributed by atoms with Gasteiger partial charge < -0.3 is 9.05 Å². The second kappa shape index (κ2) is 14.5. The van der Waals surface area contributed by atoms with Crippen molar-refractivity contribution in [2.45, 2.75) is 105 Å². The van der Waals surface area contributed by atoms with Crippen LogP contribution in [0.2, 0.25) is 0 Å². The van der Waals surface area contributed by atoms with Gasteiger partial charge in [-0.3, -0.25) is 4.89 Å². The van der Waals surface area contributed by atoms with E-state index in [1.54, 1.807) is 0 Å². The highest BCUT2D eigenvalue weighted by atomic mass is 31.2. The molecule has 33 heavy (non-hydrogen) atoms. The first-order valence-electron chi connectivity index (χ1n) is 12.9. The molecule has 0 fully saturated rings. The molecule has 0 aliphatic carbocycles. The second-order valence-electron chi connectivity index (χ2n) is 9.04. The molecule has 4 nitrogen and oxygen atoms in total. The van der Waals surface area contributed by atoms with E-state index in [1.165, 1.54) is 0 Å². The highest BCUT2D eigenvalue weighted by Crippen LogP contribution is 2.45. The Hall–Kier alpha value is -1.77. The third-order valence-corrected chi connectivity index (χ3v) is 6.65. The van der Waals surface area contributed by atoms with Gasteiger partial charge in [-0.25, -0.2) is 4.57 Å². The van der Waals surface area contributed by atoms with E-state index in [9.17, 15) is 9.46 Å². The molecule has 0 amide bonds. The smallest absolute Gasteiger partial charge is 0.395 e. The van der Waals surface area contributed by atoms with Gasteiger partial charge >= 0.3 is 7.82 Å². The molecule has 0 atom stereocenters. The van der Waals surface area contributed by atoms with Crippen molar-refractivity contribution in [3.05, 3.63) is 58.7 Å². The summed E-state index contributed by atoms with van der Waals surface area (Å²) in [6.07, 6.45) is 12.5. The number of rotatable bonds is 16. The quantitative estimate of drug-likeness (QED) is 0.247. The zero-order valence-corrected chi connectivity index (χ0v) is 22.0. The lowest BCUT2D eigenvalue weighted by molar-refractivity contribution is 0.290. The molecule has 0 bridgehead atoms. The predicted octanol–water partition coefficient (Wildman–Crippen LogP) is 8.62. The molecule has 0 aromatic heterocycles. The van der Waals surface area contributed by atoms with Crippen molar-refractivity contribution in [3.8, 4) is 11.5 Å². The summed E-state index contributed by atoms with van der Waals surface area (Å²) in [7, 11) is -4.32. The van der Waals surface area contributed by atoms with Crippen LogP contribution in [0.1, 0.15) is 101 Å². The minimum Gasteiger partial charge on any atom is -0.395 e. The monoisotopic (exact) mass is 474 g/mol. The van der Waals surface area contributed by atoms with Crippen molar-refractivity contribution >= 4 is 7.82 Å². The van der Waals surface area contributed by atoms with E-state index in [1.807, 2.05) is 24.3 Å². The third-order valence-electron chi connectivity index (χ3n) is 5.77. The van der Waals surface area contributed by atoms with Crippen molar-refractivity contribution in [1.29, 1.82) is 0 Å². The van der Waals surface area contributed by atoms with Crippen LogP contribution in [-0.2, 0) is 30.2 Å². The zero-order chi connectivity index (χ0) is 24.1. The summed E-state index contributed by atoms with van der Waals surface area (Å²) in [5.41, 5.74) is 4.57. The fourth-order valence-corrected chi connectivity index (χ4v) is 4.73. The van der Waals surface area contributed by atoms with Crippen molar-refractivity contribution in [2.75, 3.05) is 0 Å². The Kier molecular flexibility index (Phi) is 12.1. The molecule has 2 aromatic rings. The van der Waals surface area contributed by atoms with E-state index in [0.717, 1.165) is 99.3 Å². The number of benzene rings is 2. The van der Waals surface area contributed by atoms with Crippen LogP contribution in [0.15, 0.2) is 36.4 Å². The normalized spacial score (nSPS) is 11.5. The maximum atomic E-state index is 13.0. The summed E-state index contributed by atoms with van der Waals surface area (Å²) in [4.78, 5) is 10.6. The number of hydrogen-bond donors (Lipinski definition) is 1. The molecule has 0 heterocycles. The number of phosphoric ester groups is 1. The Balaban J connectivity index is 2.22. The maximum absolute atomic E-state index is 13.0. The first-order chi connectivity index (χ1) is 15.9. The number of aryl methyl sites for hydroxylation is 4. The van der Waals surface area contributed by atoms with Crippen LogP contribution < -0.4 is 9.05 Å². The largest absolute Gasteiger partial charge is 0.584 e. The molecule has 184 valence electrons. The Bertz CT molecular complexity index is 771. The highest BCUT2D eigenvalue weighted by Gasteiger charge is 2.26. The van der Waals surface area contributed by atoms with Crippen LogP contribution in [0, 0.1) is 0 Å². The van der Waals surface area contributed by atoms with E-state index in [-0.39, 0.29) is 0 Å². The van der Waals surface area contributed by atoms with Crippen LogP contribution in [0.25, 0.3) is 0 Å². The molecule has 0 aliphatic heterocycles. The van der Waals surface area contributed by atoms with Crippen LogP contribution in [0.3, 0.4) is 0 Å². The molecule has 0 saturated heterocycles. The summed E-state index contributed by atoms with van der Waals surface area (Å²) < 4.78 is 24.1. The van der Waals surface area contributed by atoms with E-state index in [0.29, 0.717) is 11.5 Å². The Morgan fingerprint density at radius 3 is 1.09 bits per heavy atom. The first-order valence-corrected chi connectivity index (χ1v) is 14.4. The van der Waals surface area contributed by atoms with Crippen molar-refractivity contribution < 1.29 is 18.5 Å². The van der Waals surface area contributed by atoms with Gasteiger partial charge in [0.05, 0.1) is 0 Å². The predicted molar refractivity (Wildman–Crippen MR) is 138 cm³/mol. The Morgan fingerprint density at radius 1 is 0.576 bits per heavy atom. The topological polar surface area (TPSA) is 55.8 Å². The summed E-state index contributed by atoms with van der Waals surface area (Å²) in [5.74, 6) is 0.822. The molecular formula is C28H43O4P. The lowest BCUT2D eigenvalue weighted by Crippen LogP contribution is -2.02. The lowest BCUT2D eigenvalue weighted by atomic mass is 10.0. The van der Waals surface area contributed by atoms with E-state index in [4.69, 9.17) is 9.05 Å². The van der Waals surface area contributed by atoms with Crippen LogP contribution in [-0.4, -0.2) is 4.89 Å². The average Bonchev–Trinajstić information content (AvgIpc) is 2.77. The van der Waals surface area contributed by atoms with Crippen molar-refractivity contribution in [1.82, 2.24) is 0 Å². The molecule has 0 radical (unpaired) electrons. The summed E-state index contributed by atoms with van der Waals surface area (Å²) in [6.45, 7) is 8.66. The van der Waals surface area contributed by atoms with Gasteiger partial charge in [0.25, 0.3) is 0 Å². The van der Waals surface area contributed by atoms with Crippen molar-refractivity contribution in [3.63, 3.8) is 0 Å². The van der Waals surface area contributed by atoms with Gasteiger partial charge in [-0.2, -0.15) is 0 Å². The van der Waals surface area contributed by atoms with Gasteiger partial charge in [0.2, 0.25) is 0 Å². The highest BCUT2D eigenvalue weighted by molar-refractivity contribution is 7.48. The van der Waals surface area contributed by atoms with E-state index in [2.05, 4.69) is 39.8 Å². The number of hydrogen-bond acceptors (Lipinski definition) is 3. The van der Waals surface area contributed by atoms with Gasteiger partial charge in [0.15, 0.2) is 0 Å². The zero-order valence-electron chi connectivity index (χ0n) is 21.1. The number of unbranched alkanes of at least 4 members (excludes halogenated alkanes) is 4. The van der Waals surface area contributed by atoms with Crippen molar-refractivity contribution in [2.24, 2.45) is 0 Å². The number of phosphoric acid groups is 1. The minimum absolute atomic E-state index is 0.411. The van der Waals surface area contributed by atoms with Crippen LogP contribution in [0.4, 0.5) is 0 Å². The lowest BCUT2D eigenvalue weighted by Gasteiger charge is -2.17. The molecule has 0 saturated carbocycles. The van der Waals surface area contributed by atoms with Crippen LogP contribution >= 0.6 is 7.82 Å². The summed E-state index contributed by atoms with van der Waals surface area (Å²) in [5, 5.41) is 0. The fourth-order valence-electron chi connectivity index (χ4n) is 3.95. The van der Waals surface area contributed by atoms with Gasteiger partial charge in [-0.1, -0.05) is 65.5 Å². The van der Waals surface area contributed by atoms with Gasteiger partial charge in [-0.05, 0) is 97.9 Å². The summed E-state index contributed by atoms with van der Waals surface area (Å²) >= 11 is 0. The van der Waals surface area contributed by atoms with Gasteiger partial charge in [0, 0.05) is 0 Å². The maximum Gasteiger partial charge on any atom is 0.584 e. The van der Waals surface area contributed by atoms with Crippen LogP contribution in [0.5, 0.6) is 11.5 Å². The Morgan fingerprint density at radius 2 is 0.848 bits per heavy atom.